The number of halogens is 4. The fourth-order valence-electron chi connectivity index (χ4n) is 3.76. The molecule has 36 heavy (non-hydrogen) atoms. The zero-order valence-corrected chi connectivity index (χ0v) is 21.4. The molecule has 0 radical (unpaired) electrons. The molecule has 0 saturated carbocycles. The van der Waals surface area contributed by atoms with Gasteiger partial charge in [-0.1, -0.05) is 34.8 Å². The number of nitrogens with zero attached hydrogens (tertiary/aromatic N) is 2. The van der Waals surface area contributed by atoms with Gasteiger partial charge in [0.15, 0.2) is 23.8 Å². The van der Waals surface area contributed by atoms with Crippen LogP contribution in [-0.4, -0.2) is 42.6 Å². The molecule has 11 heteroatoms. The minimum absolute atomic E-state index is 0.0379. The van der Waals surface area contributed by atoms with E-state index in [0.717, 1.165) is 17.1 Å². The van der Waals surface area contributed by atoms with Crippen LogP contribution in [0.1, 0.15) is 17.5 Å². The van der Waals surface area contributed by atoms with Crippen molar-refractivity contribution in [3.63, 3.8) is 0 Å². The van der Waals surface area contributed by atoms with E-state index in [0.29, 0.717) is 33.5 Å². The molecule has 1 aliphatic heterocycles. The van der Waals surface area contributed by atoms with Crippen LogP contribution < -0.4 is 14.2 Å². The average molecular weight is 554 g/mol. The second kappa shape index (κ2) is 10.5. The SMILES string of the molecule is COc1ccc(C2=NN(C(=O)COc3ccc(Cl)cc3)C(O)(c3cc(F)c(Cl)cc3Cl)C2)cc1OC. The topological polar surface area (TPSA) is 80.6 Å². The number of amides is 1. The zero-order chi connectivity index (χ0) is 26.0. The van der Waals surface area contributed by atoms with Gasteiger partial charge >= 0.3 is 0 Å². The summed E-state index contributed by atoms with van der Waals surface area (Å²) in [5.74, 6) is -0.215. The van der Waals surface area contributed by atoms with E-state index in [4.69, 9.17) is 49.0 Å². The highest BCUT2D eigenvalue weighted by Crippen LogP contribution is 2.42. The lowest BCUT2D eigenvalue weighted by atomic mass is 9.94. The summed E-state index contributed by atoms with van der Waals surface area (Å²) in [6.45, 7) is -0.472. The van der Waals surface area contributed by atoms with Gasteiger partial charge in [-0.2, -0.15) is 10.1 Å². The number of hydrogen-bond donors (Lipinski definition) is 1. The molecule has 0 spiro atoms. The van der Waals surface area contributed by atoms with E-state index in [2.05, 4.69) is 5.10 Å². The van der Waals surface area contributed by atoms with Gasteiger partial charge in [0.1, 0.15) is 11.6 Å². The molecular weight excluding hydrogens is 534 g/mol. The average Bonchev–Trinajstić information content (AvgIpc) is 3.23. The number of hydrazone groups is 1. The fourth-order valence-corrected chi connectivity index (χ4v) is 4.42. The summed E-state index contributed by atoms with van der Waals surface area (Å²) in [7, 11) is 2.98. The first-order chi connectivity index (χ1) is 17.2. The monoisotopic (exact) mass is 552 g/mol. The van der Waals surface area contributed by atoms with Crippen LogP contribution in [0.15, 0.2) is 59.7 Å². The zero-order valence-electron chi connectivity index (χ0n) is 19.1. The van der Waals surface area contributed by atoms with E-state index >= 15 is 0 Å². The fraction of sp³-hybridized carbons (Fsp3) is 0.200. The van der Waals surface area contributed by atoms with Crippen molar-refractivity contribution < 1.29 is 28.5 Å². The highest BCUT2D eigenvalue weighted by Gasteiger charge is 2.48. The van der Waals surface area contributed by atoms with Crippen molar-refractivity contribution in [3.05, 3.63) is 86.6 Å². The van der Waals surface area contributed by atoms with E-state index in [1.54, 1.807) is 42.5 Å². The Morgan fingerprint density at radius 1 is 1.03 bits per heavy atom. The molecule has 3 aromatic carbocycles. The molecule has 188 valence electrons. The Hall–Kier alpha value is -3.04. The molecule has 1 heterocycles. The second-order valence-corrected chi connectivity index (χ2v) is 9.05. The molecule has 1 aliphatic rings. The van der Waals surface area contributed by atoms with E-state index < -0.39 is 24.1 Å². The minimum Gasteiger partial charge on any atom is -0.493 e. The molecule has 0 bridgehead atoms. The number of aliphatic hydroxyl groups is 1. The Morgan fingerprint density at radius 2 is 1.72 bits per heavy atom. The van der Waals surface area contributed by atoms with Crippen molar-refractivity contribution >= 4 is 46.4 Å². The molecule has 0 aliphatic carbocycles. The van der Waals surface area contributed by atoms with Crippen molar-refractivity contribution in [2.45, 2.75) is 12.1 Å². The number of rotatable bonds is 7. The first-order valence-corrected chi connectivity index (χ1v) is 11.7. The predicted molar refractivity (Wildman–Crippen MR) is 135 cm³/mol. The molecule has 1 unspecified atom stereocenters. The van der Waals surface area contributed by atoms with Crippen LogP contribution in [0, 0.1) is 5.82 Å². The predicted octanol–water partition coefficient (Wildman–Crippen LogP) is 5.66. The lowest BCUT2D eigenvalue weighted by Crippen LogP contribution is -2.45. The van der Waals surface area contributed by atoms with Crippen molar-refractivity contribution in [1.29, 1.82) is 0 Å². The molecule has 1 amide bonds. The van der Waals surface area contributed by atoms with Gasteiger partial charge in [-0.3, -0.25) is 4.79 Å². The maximum absolute atomic E-state index is 14.4. The third-order valence-corrected chi connectivity index (χ3v) is 6.41. The first kappa shape index (κ1) is 26.0. The van der Waals surface area contributed by atoms with Gasteiger partial charge in [0.25, 0.3) is 5.91 Å². The molecule has 0 fully saturated rings. The highest BCUT2D eigenvalue weighted by molar-refractivity contribution is 6.35. The summed E-state index contributed by atoms with van der Waals surface area (Å²) in [5.41, 5.74) is -1.33. The molecule has 1 N–H and O–H groups in total. The van der Waals surface area contributed by atoms with Crippen molar-refractivity contribution in [1.82, 2.24) is 5.01 Å². The Bertz CT molecular complexity index is 1340. The summed E-state index contributed by atoms with van der Waals surface area (Å²) in [6, 6.07) is 13.6. The van der Waals surface area contributed by atoms with Crippen LogP contribution >= 0.6 is 34.8 Å². The highest BCUT2D eigenvalue weighted by atomic mass is 35.5. The maximum Gasteiger partial charge on any atom is 0.283 e. The second-order valence-electron chi connectivity index (χ2n) is 7.80. The molecule has 4 rings (SSSR count). The first-order valence-electron chi connectivity index (χ1n) is 10.5. The van der Waals surface area contributed by atoms with Gasteiger partial charge in [-0.25, -0.2) is 4.39 Å². The largest absolute Gasteiger partial charge is 0.493 e. The maximum atomic E-state index is 14.4. The van der Waals surface area contributed by atoms with Crippen LogP contribution in [0.25, 0.3) is 0 Å². The molecule has 3 aromatic rings. The van der Waals surface area contributed by atoms with Crippen molar-refractivity contribution in [3.8, 4) is 17.2 Å². The number of methoxy groups -OCH3 is 2. The molecular formula is C25H20Cl3FN2O5. The molecule has 0 saturated heterocycles. The van der Waals surface area contributed by atoms with Gasteiger partial charge in [0.05, 0.1) is 30.0 Å². The molecule has 1 atom stereocenters. The van der Waals surface area contributed by atoms with Crippen molar-refractivity contribution in [2.75, 3.05) is 20.8 Å². The Balaban J connectivity index is 1.72. The van der Waals surface area contributed by atoms with Crippen LogP contribution in [0.2, 0.25) is 15.1 Å². The molecule has 7 nitrogen and oxygen atoms in total. The van der Waals surface area contributed by atoms with Gasteiger partial charge in [-0.15, -0.1) is 0 Å². The quantitative estimate of drug-likeness (QED) is 0.382. The number of hydrogen-bond acceptors (Lipinski definition) is 6. The van der Waals surface area contributed by atoms with E-state index in [1.807, 2.05) is 0 Å². The van der Waals surface area contributed by atoms with E-state index in [-0.39, 0.29) is 22.0 Å². The lowest BCUT2D eigenvalue weighted by molar-refractivity contribution is -0.159. The number of carbonyl (C=O) groups excluding carboxylic acids is 1. The van der Waals surface area contributed by atoms with E-state index in [1.165, 1.54) is 14.2 Å². The summed E-state index contributed by atoms with van der Waals surface area (Å²) < 4.78 is 30.6. The smallest absolute Gasteiger partial charge is 0.283 e. The Labute approximate surface area is 221 Å². The summed E-state index contributed by atoms with van der Waals surface area (Å²) >= 11 is 18.1. The number of carbonyl (C=O) groups is 1. The molecule has 0 aromatic heterocycles. The lowest BCUT2D eigenvalue weighted by Gasteiger charge is -2.32. The number of benzene rings is 3. The van der Waals surface area contributed by atoms with Gasteiger partial charge in [0.2, 0.25) is 0 Å². The van der Waals surface area contributed by atoms with Gasteiger partial charge in [-0.05, 0) is 54.6 Å². The van der Waals surface area contributed by atoms with E-state index in [9.17, 15) is 14.3 Å². The van der Waals surface area contributed by atoms with Crippen molar-refractivity contribution in [2.24, 2.45) is 5.10 Å². The van der Waals surface area contributed by atoms with Gasteiger partial charge < -0.3 is 19.3 Å². The third-order valence-electron chi connectivity index (χ3n) is 5.56. The normalized spacial score (nSPS) is 17.1. The Morgan fingerprint density at radius 3 is 2.39 bits per heavy atom. The van der Waals surface area contributed by atoms with Crippen LogP contribution in [0.4, 0.5) is 4.39 Å². The number of ether oxygens (including phenoxy) is 3. The van der Waals surface area contributed by atoms with Crippen LogP contribution in [-0.2, 0) is 10.5 Å². The van der Waals surface area contributed by atoms with Gasteiger partial charge in [0, 0.05) is 22.6 Å². The third kappa shape index (κ3) is 5.08. The Kier molecular flexibility index (Phi) is 7.61. The summed E-state index contributed by atoms with van der Waals surface area (Å²) in [4.78, 5) is 13.2. The standard InChI is InChI=1S/C25H20Cl3FN2O5/c1-34-22-8-3-14(9-23(22)35-2)21-12-25(33,17-10-20(29)19(28)11-18(17)27)31(30-21)24(32)13-36-16-6-4-15(26)5-7-16/h3-11,33H,12-13H2,1-2H3. The van der Waals surface area contributed by atoms with Crippen LogP contribution in [0.3, 0.4) is 0 Å². The van der Waals surface area contributed by atoms with Crippen LogP contribution in [0.5, 0.6) is 17.2 Å². The summed E-state index contributed by atoms with van der Waals surface area (Å²) in [5, 5.41) is 17.2. The minimum atomic E-state index is -2.12. The summed E-state index contributed by atoms with van der Waals surface area (Å²) in [6.07, 6.45) is -0.198.